The lowest BCUT2D eigenvalue weighted by Gasteiger charge is -2.32. The molecule has 0 heterocycles. The lowest BCUT2D eigenvalue weighted by molar-refractivity contribution is -0.139. The number of carbonyl (C=O) groups is 2. The Morgan fingerprint density at radius 2 is 1.63 bits per heavy atom. The number of sulfonamides is 1. The molecule has 202 valence electrons. The van der Waals surface area contributed by atoms with Crippen LogP contribution < -0.4 is 9.62 Å². The lowest BCUT2D eigenvalue weighted by Crippen LogP contribution is -2.51. The number of hydrogen-bond acceptors (Lipinski definition) is 4. The van der Waals surface area contributed by atoms with E-state index in [1.165, 1.54) is 17.0 Å². The first kappa shape index (κ1) is 29.7. The summed E-state index contributed by atoms with van der Waals surface area (Å²) in [4.78, 5) is 28.3. The van der Waals surface area contributed by atoms with Crippen LogP contribution in [0.5, 0.6) is 0 Å². The van der Waals surface area contributed by atoms with Gasteiger partial charge in [0.05, 0.1) is 10.6 Å². The maximum atomic E-state index is 13.9. The molecule has 38 heavy (non-hydrogen) atoms. The van der Waals surface area contributed by atoms with Crippen molar-refractivity contribution in [3.8, 4) is 0 Å². The summed E-state index contributed by atoms with van der Waals surface area (Å²) in [6.07, 6.45) is 0. The molecule has 0 bridgehead atoms. The second kappa shape index (κ2) is 13.3. The minimum Gasteiger partial charge on any atom is -0.354 e. The molecule has 10 heteroatoms. The Morgan fingerprint density at radius 3 is 2.26 bits per heavy atom. The Kier molecular flexibility index (Phi) is 10.4. The third-order valence-electron chi connectivity index (χ3n) is 5.80. The molecule has 1 atom stereocenters. The standard InChI is InChI=1S/C28H31BrClN3O4S/c1-20(2)17-31-28(35)21(3)32(18-22-9-7-11-24(30)15-22)27(34)19-33(25-12-8-10-23(29)16-25)38(36,37)26-13-5-4-6-14-26/h4-16,20-21H,17-19H2,1-3H3,(H,31,35)/t21-/m1/s1. The molecule has 0 unspecified atom stereocenters. The van der Waals surface area contributed by atoms with E-state index < -0.39 is 28.5 Å². The fourth-order valence-corrected chi connectivity index (χ4v) is 5.77. The number of nitrogens with zero attached hydrogens (tertiary/aromatic N) is 2. The van der Waals surface area contributed by atoms with Gasteiger partial charge < -0.3 is 10.2 Å². The molecular weight excluding hydrogens is 590 g/mol. The molecular formula is C28H31BrClN3O4S. The predicted octanol–water partition coefficient (Wildman–Crippen LogP) is 5.49. The van der Waals surface area contributed by atoms with E-state index in [9.17, 15) is 18.0 Å². The zero-order valence-corrected chi connectivity index (χ0v) is 24.6. The van der Waals surface area contributed by atoms with Gasteiger partial charge in [-0.15, -0.1) is 0 Å². The summed E-state index contributed by atoms with van der Waals surface area (Å²) >= 11 is 9.56. The van der Waals surface area contributed by atoms with E-state index >= 15 is 0 Å². The first-order chi connectivity index (χ1) is 18.0. The number of hydrogen-bond donors (Lipinski definition) is 1. The molecule has 3 aromatic rings. The smallest absolute Gasteiger partial charge is 0.264 e. The average molecular weight is 621 g/mol. The van der Waals surface area contributed by atoms with Crippen LogP contribution in [-0.2, 0) is 26.2 Å². The highest BCUT2D eigenvalue weighted by atomic mass is 79.9. The largest absolute Gasteiger partial charge is 0.354 e. The summed E-state index contributed by atoms with van der Waals surface area (Å²) in [6.45, 7) is 5.61. The van der Waals surface area contributed by atoms with Gasteiger partial charge in [0.2, 0.25) is 11.8 Å². The van der Waals surface area contributed by atoms with Crippen LogP contribution in [0, 0.1) is 5.92 Å². The molecule has 0 fully saturated rings. The van der Waals surface area contributed by atoms with Crippen LogP contribution >= 0.6 is 27.5 Å². The van der Waals surface area contributed by atoms with Gasteiger partial charge in [-0.3, -0.25) is 13.9 Å². The van der Waals surface area contributed by atoms with Crippen molar-refractivity contribution in [1.82, 2.24) is 10.2 Å². The van der Waals surface area contributed by atoms with Crippen LogP contribution in [0.15, 0.2) is 88.2 Å². The fourth-order valence-electron chi connectivity index (χ4n) is 3.75. The van der Waals surface area contributed by atoms with Crippen molar-refractivity contribution in [2.75, 3.05) is 17.4 Å². The molecule has 1 N–H and O–H groups in total. The summed E-state index contributed by atoms with van der Waals surface area (Å²) in [7, 11) is -4.10. The Bertz CT molecular complexity index is 1370. The minimum atomic E-state index is -4.10. The van der Waals surface area contributed by atoms with E-state index in [2.05, 4.69) is 21.2 Å². The van der Waals surface area contributed by atoms with Gasteiger partial charge in [0, 0.05) is 22.6 Å². The van der Waals surface area contributed by atoms with E-state index in [1.54, 1.807) is 73.7 Å². The maximum absolute atomic E-state index is 13.9. The molecule has 0 saturated heterocycles. The molecule has 0 aliphatic heterocycles. The number of nitrogens with one attached hydrogen (secondary N) is 1. The van der Waals surface area contributed by atoms with Crippen molar-refractivity contribution in [1.29, 1.82) is 0 Å². The van der Waals surface area contributed by atoms with Crippen molar-refractivity contribution in [2.24, 2.45) is 5.92 Å². The zero-order chi connectivity index (χ0) is 27.9. The molecule has 3 aromatic carbocycles. The van der Waals surface area contributed by atoms with Crippen LogP contribution in [0.4, 0.5) is 5.69 Å². The summed E-state index contributed by atoms with van der Waals surface area (Å²) in [5.41, 5.74) is 1.03. The molecule has 0 aromatic heterocycles. The molecule has 7 nitrogen and oxygen atoms in total. The first-order valence-corrected chi connectivity index (χ1v) is 14.7. The van der Waals surface area contributed by atoms with Gasteiger partial charge in [0.1, 0.15) is 12.6 Å². The molecule has 0 aliphatic rings. The van der Waals surface area contributed by atoms with Crippen LogP contribution in [0.25, 0.3) is 0 Å². The van der Waals surface area contributed by atoms with Crippen LogP contribution in [-0.4, -0.2) is 44.3 Å². The quantitative estimate of drug-likeness (QED) is 0.307. The molecule has 0 aliphatic carbocycles. The molecule has 0 spiro atoms. The van der Waals surface area contributed by atoms with Crippen LogP contribution in [0.2, 0.25) is 5.02 Å². The number of carbonyl (C=O) groups excluding carboxylic acids is 2. The average Bonchev–Trinajstić information content (AvgIpc) is 2.88. The van der Waals surface area contributed by atoms with E-state index in [0.717, 1.165) is 4.31 Å². The van der Waals surface area contributed by atoms with Gasteiger partial charge in [0.15, 0.2) is 0 Å². The van der Waals surface area contributed by atoms with E-state index in [1.807, 2.05) is 13.8 Å². The number of rotatable bonds is 11. The van der Waals surface area contributed by atoms with Gasteiger partial charge in [-0.25, -0.2) is 8.42 Å². The van der Waals surface area contributed by atoms with Gasteiger partial charge in [-0.1, -0.05) is 77.8 Å². The minimum absolute atomic E-state index is 0.0527. The highest BCUT2D eigenvalue weighted by molar-refractivity contribution is 9.10. The topological polar surface area (TPSA) is 86.8 Å². The number of benzene rings is 3. The van der Waals surface area contributed by atoms with Gasteiger partial charge >= 0.3 is 0 Å². The first-order valence-electron chi connectivity index (χ1n) is 12.1. The predicted molar refractivity (Wildman–Crippen MR) is 154 cm³/mol. The monoisotopic (exact) mass is 619 g/mol. The SMILES string of the molecule is CC(C)CNC(=O)[C@@H](C)N(Cc1cccc(Cl)c1)C(=O)CN(c1cccc(Br)c1)S(=O)(=O)c1ccccc1. The Labute approximate surface area is 238 Å². The third kappa shape index (κ3) is 7.82. The number of halogens is 2. The zero-order valence-electron chi connectivity index (χ0n) is 21.5. The summed E-state index contributed by atoms with van der Waals surface area (Å²) in [5, 5.41) is 3.36. The van der Waals surface area contributed by atoms with Crippen molar-refractivity contribution in [3.63, 3.8) is 0 Å². The van der Waals surface area contributed by atoms with Crippen molar-refractivity contribution in [2.45, 2.75) is 38.3 Å². The normalized spacial score (nSPS) is 12.2. The van der Waals surface area contributed by atoms with E-state index in [-0.39, 0.29) is 23.3 Å². The molecule has 3 rings (SSSR count). The second-order valence-electron chi connectivity index (χ2n) is 9.27. The highest BCUT2D eigenvalue weighted by Crippen LogP contribution is 2.27. The summed E-state index contributed by atoms with van der Waals surface area (Å²) in [6, 6.07) is 20.8. The Morgan fingerprint density at radius 1 is 0.947 bits per heavy atom. The van der Waals surface area contributed by atoms with Crippen LogP contribution in [0.3, 0.4) is 0 Å². The van der Waals surface area contributed by atoms with Crippen molar-refractivity contribution < 1.29 is 18.0 Å². The molecule has 0 radical (unpaired) electrons. The van der Waals surface area contributed by atoms with Gasteiger partial charge in [0.25, 0.3) is 10.0 Å². The van der Waals surface area contributed by atoms with Crippen molar-refractivity contribution in [3.05, 3.63) is 93.9 Å². The van der Waals surface area contributed by atoms with Crippen LogP contribution in [0.1, 0.15) is 26.3 Å². The van der Waals surface area contributed by atoms with Gasteiger partial charge in [-0.05, 0) is 60.9 Å². The van der Waals surface area contributed by atoms with Crippen molar-refractivity contribution >= 4 is 55.1 Å². The molecule has 2 amide bonds. The molecule has 0 saturated carbocycles. The summed E-state index contributed by atoms with van der Waals surface area (Å²) < 4.78 is 29.2. The Hall–Kier alpha value is -2.88. The number of amides is 2. The third-order valence-corrected chi connectivity index (χ3v) is 8.32. The fraction of sp³-hybridized carbons (Fsp3) is 0.286. The highest BCUT2D eigenvalue weighted by Gasteiger charge is 2.32. The lowest BCUT2D eigenvalue weighted by atomic mass is 10.1. The van der Waals surface area contributed by atoms with Gasteiger partial charge in [-0.2, -0.15) is 0 Å². The maximum Gasteiger partial charge on any atom is 0.264 e. The van der Waals surface area contributed by atoms with E-state index in [0.29, 0.717) is 27.3 Å². The second-order valence-corrected chi connectivity index (χ2v) is 12.5. The van der Waals surface area contributed by atoms with E-state index in [4.69, 9.17) is 11.6 Å². The number of anilines is 1. The summed E-state index contributed by atoms with van der Waals surface area (Å²) in [5.74, 6) is -0.628. The Balaban J connectivity index is 2.00.